The van der Waals surface area contributed by atoms with Crippen LogP contribution < -0.4 is 0 Å². The first-order chi connectivity index (χ1) is 6.84. The Morgan fingerprint density at radius 3 is 2.27 bits per heavy atom. The Bertz CT molecular complexity index is 300. The van der Waals surface area contributed by atoms with Crippen LogP contribution in [-0.2, 0) is 10.1 Å². The van der Waals surface area contributed by atoms with Gasteiger partial charge in [-0.05, 0) is 20.3 Å². The van der Waals surface area contributed by atoms with E-state index in [0.29, 0.717) is 0 Å². The minimum atomic E-state index is -3.92. The van der Waals surface area contributed by atoms with Crippen LogP contribution in [0.1, 0.15) is 27.2 Å². The van der Waals surface area contributed by atoms with Crippen molar-refractivity contribution in [3.63, 3.8) is 0 Å². The van der Waals surface area contributed by atoms with E-state index in [0.717, 1.165) is 24.9 Å². The quantitative estimate of drug-likeness (QED) is 0.431. The molecule has 0 aliphatic heterocycles. The smallest absolute Gasteiger partial charge is 0.283 e. The Balaban J connectivity index is 5.13. The number of rotatable bonds is 7. The van der Waals surface area contributed by atoms with Crippen molar-refractivity contribution in [2.75, 3.05) is 18.5 Å². The van der Waals surface area contributed by atoms with Gasteiger partial charge in [0.1, 0.15) is 0 Å². The zero-order chi connectivity index (χ0) is 12.1. The van der Waals surface area contributed by atoms with Crippen LogP contribution in [0.2, 0.25) is 0 Å². The van der Waals surface area contributed by atoms with Crippen molar-refractivity contribution in [2.45, 2.75) is 32.2 Å². The van der Waals surface area contributed by atoms with Crippen LogP contribution in [0.25, 0.3) is 0 Å². The number of hydrogen-bond acceptors (Lipinski definition) is 2. The van der Waals surface area contributed by atoms with E-state index in [1.165, 1.54) is 0 Å². The van der Waals surface area contributed by atoms with Gasteiger partial charge in [0.25, 0.3) is 0 Å². The highest BCUT2D eigenvalue weighted by atomic mass is 32.2. The lowest BCUT2D eigenvalue weighted by atomic mass is 10.6. The van der Waals surface area contributed by atoms with Crippen LogP contribution >= 0.6 is 7.26 Å². The van der Waals surface area contributed by atoms with E-state index in [-0.39, 0.29) is 0 Å². The van der Waals surface area contributed by atoms with Gasteiger partial charge in [-0.2, -0.15) is 8.42 Å². The summed E-state index contributed by atoms with van der Waals surface area (Å²) in [4.78, 5) is -0.618. The average molecular weight is 253 g/mol. The summed E-state index contributed by atoms with van der Waals surface area (Å²) in [5, 5.41) is 0. The van der Waals surface area contributed by atoms with E-state index in [1.807, 2.05) is 13.8 Å². The molecule has 0 aliphatic rings. The van der Waals surface area contributed by atoms with Crippen LogP contribution in [0.15, 0.2) is 12.7 Å². The minimum Gasteiger partial charge on any atom is -0.283 e. The van der Waals surface area contributed by atoms with Crippen LogP contribution in [0, 0.1) is 0 Å². The third kappa shape index (κ3) is 3.86. The molecule has 1 N–H and O–H groups in total. The molecular formula is C10H22O3PS+. The first kappa shape index (κ1) is 15.1. The van der Waals surface area contributed by atoms with Gasteiger partial charge in [0.15, 0.2) is 4.99 Å². The van der Waals surface area contributed by atoms with Crippen LogP contribution in [0.4, 0.5) is 0 Å². The molecule has 3 nitrogen and oxygen atoms in total. The van der Waals surface area contributed by atoms with Crippen molar-refractivity contribution in [1.82, 2.24) is 0 Å². The van der Waals surface area contributed by atoms with Crippen LogP contribution in [-0.4, -0.2) is 36.4 Å². The lowest BCUT2D eigenvalue weighted by molar-refractivity contribution is 0.481. The molecule has 0 bridgehead atoms. The topological polar surface area (TPSA) is 54.4 Å². The molecule has 0 radical (unpaired) electrons. The van der Waals surface area contributed by atoms with E-state index in [4.69, 9.17) is 0 Å². The average Bonchev–Trinajstić information content (AvgIpc) is 2.15. The second-order valence-corrected chi connectivity index (χ2v) is 10.6. The standard InChI is InChI=1S/C10H21O3PS/c1-5-8-14(7-3,9-6-2)10(4)15(11,12)13/h5,10H,1,6-9H2,2-4H3/p+1. The summed E-state index contributed by atoms with van der Waals surface area (Å²) in [6.07, 6.45) is 5.21. The molecule has 0 fully saturated rings. The van der Waals surface area contributed by atoms with Gasteiger partial charge < -0.3 is 0 Å². The Morgan fingerprint density at radius 1 is 1.47 bits per heavy atom. The van der Waals surface area contributed by atoms with Crippen molar-refractivity contribution in [3.05, 3.63) is 12.7 Å². The Labute approximate surface area is 94.0 Å². The fourth-order valence-corrected chi connectivity index (χ4v) is 8.57. The van der Waals surface area contributed by atoms with Crippen LogP contribution in [0.5, 0.6) is 0 Å². The third-order valence-electron chi connectivity index (χ3n) is 2.99. The lowest BCUT2D eigenvalue weighted by Crippen LogP contribution is -2.25. The monoisotopic (exact) mass is 253 g/mol. The van der Waals surface area contributed by atoms with Crippen LogP contribution in [0.3, 0.4) is 0 Å². The molecule has 0 saturated carbocycles. The molecular weight excluding hydrogens is 231 g/mol. The highest BCUT2D eigenvalue weighted by molar-refractivity contribution is 7.99. The fraction of sp³-hybridized carbons (Fsp3) is 0.800. The second-order valence-electron chi connectivity index (χ2n) is 3.84. The SMILES string of the molecule is C=CC[P+](CC)(CCC)C(C)S(=O)(=O)O. The summed E-state index contributed by atoms with van der Waals surface area (Å²) in [5.74, 6) is 0. The van der Waals surface area contributed by atoms with Gasteiger partial charge in [0, 0.05) is 7.26 Å². The lowest BCUT2D eigenvalue weighted by Gasteiger charge is -2.28. The molecule has 0 aliphatic carbocycles. The van der Waals surface area contributed by atoms with Gasteiger partial charge in [0.05, 0.1) is 18.5 Å². The number of allylic oxidation sites excluding steroid dienone is 1. The molecule has 2 atom stereocenters. The molecule has 0 aromatic carbocycles. The zero-order valence-corrected chi connectivity index (χ0v) is 11.5. The molecule has 0 heterocycles. The Kier molecular flexibility index (Phi) is 6.01. The van der Waals surface area contributed by atoms with E-state index in [9.17, 15) is 13.0 Å². The molecule has 15 heavy (non-hydrogen) atoms. The molecule has 0 saturated heterocycles. The summed E-state index contributed by atoms with van der Waals surface area (Å²) in [5.41, 5.74) is 0. The summed E-state index contributed by atoms with van der Waals surface area (Å²) in [6, 6.07) is 0. The molecule has 0 amide bonds. The summed E-state index contributed by atoms with van der Waals surface area (Å²) in [6.45, 7) is 9.38. The van der Waals surface area contributed by atoms with Crippen molar-refractivity contribution in [1.29, 1.82) is 0 Å². The summed E-state index contributed by atoms with van der Waals surface area (Å²) < 4.78 is 31.6. The van der Waals surface area contributed by atoms with E-state index in [1.54, 1.807) is 13.0 Å². The van der Waals surface area contributed by atoms with Crippen molar-refractivity contribution < 1.29 is 13.0 Å². The van der Waals surface area contributed by atoms with Crippen molar-refractivity contribution in [3.8, 4) is 0 Å². The molecule has 5 heteroatoms. The maximum atomic E-state index is 11.2. The first-order valence-corrected chi connectivity index (χ1v) is 9.18. The van der Waals surface area contributed by atoms with Gasteiger partial charge in [0.2, 0.25) is 0 Å². The van der Waals surface area contributed by atoms with Gasteiger partial charge >= 0.3 is 10.1 Å². The van der Waals surface area contributed by atoms with Gasteiger partial charge in [-0.25, -0.2) is 0 Å². The molecule has 2 unspecified atom stereocenters. The molecule has 0 rings (SSSR count). The summed E-state index contributed by atoms with van der Waals surface area (Å²) >= 11 is 0. The first-order valence-electron chi connectivity index (χ1n) is 5.27. The minimum absolute atomic E-state index is 0.618. The second kappa shape index (κ2) is 5.97. The molecule has 0 aromatic rings. The summed E-state index contributed by atoms with van der Waals surface area (Å²) in [7, 11) is -5.56. The Morgan fingerprint density at radius 2 is 2.00 bits per heavy atom. The van der Waals surface area contributed by atoms with Crippen molar-refractivity contribution in [2.24, 2.45) is 0 Å². The zero-order valence-electron chi connectivity index (χ0n) is 9.81. The molecule has 0 spiro atoms. The predicted octanol–water partition coefficient (Wildman–Crippen LogP) is 2.85. The highest BCUT2D eigenvalue weighted by Gasteiger charge is 2.46. The maximum absolute atomic E-state index is 11.2. The third-order valence-corrected chi connectivity index (χ3v) is 11.1. The van der Waals surface area contributed by atoms with Gasteiger partial charge in [-0.3, -0.25) is 4.55 Å². The highest BCUT2D eigenvalue weighted by Crippen LogP contribution is 2.64. The maximum Gasteiger partial charge on any atom is 0.302 e. The van der Waals surface area contributed by atoms with E-state index >= 15 is 0 Å². The normalized spacial score (nSPS) is 18.1. The number of hydrogen-bond donors (Lipinski definition) is 1. The largest absolute Gasteiger partial charge is 0.302 e. The van der Waals surface area contributed by atoms with E-state index in [2.05, 4.69) is 6.58 Å². The molecule has 90 valence electrons. The predicted molar refractivity (Wildman–Crippen MR) is 68.7 cm³/mol. The van der Waals surface area contributed by atoms with Crippen molar-refractivity contribution >= 4 is 17.4 Å². The van der Waals surface area contributed by atoms with E-state index < -0.39 is 22.4 Å². The van der Waals surface area contributed by atoms with Gasteiger partial charge in [-0.1, -0.05) is 19.6 Å². The Hall–Kier alpha value is 0.0800. The fourth-order valence-electron chi connectivity index (χ4n) is 1.95. The molecule has 0 aromatic heterocycles. The van der Waals surface area contributed by atoms with Gasteiger partial charge in [-0.15, -0.1) is 0 Å².